The van der Waals surface area contributed by atoms with Crippen molar-refractivity contribution < 1.29 is 8.42 Å². The molecule has 0 spiro atoms. The van der Waals surface area contributed by atoms with E-state index in [1.165, 1.54) is 5.56 Å². The maximum absolute atomic E-state index is 12.5. The van der Waals surface area contributed by atoms with Crippen LogP contribution in [0.5, 0.6) is 0 Å². The van der Waals surface area contributed by atoms with Crippen molar-refractivity contribution >= 4 is 26.7 Å². The van der Waals surface area contributed by atoms with Gasteiger partial charge in [0.25, 0.3) is 10.0 Å². The first-order chi connectivity index (χ1) is 10.6. The van der Waals surface area contributed by atoms with Crippen LogP contribution in [0.15, 0.2) is 47.6 Å². The highest BCUT2D eigenvalue weighted by atomic mass is 32.2. The Kier molecular flexibility index (Phi) is 2.94. The van der Waals surface area contributed by atoms with E-state index >= 15 is 0 Å². The molecule has 2 aromatic carbocycles. The number of aryl methyl sites for hydroxylation is 2. The molecule has 1 aromatic heterocycles. The van der Waals surface area contributed by atoms with Gasteiger partial charge in [0, 0.05) is 0 Å². The summed E-state index contributed by atoms with van der Waals surface area (Å²) in [5, 5.41) is 0. The van der Waals surface area contributed by atoms with Crippen LogP contribution in [-0.4, -0.2) is 18.4 Å². The van der Waals surface area contributed by atoms with Gasteiger partial charge in [0.1, 0.15) is 0 Å². The first-order valence-electron chi connectivity index (χ1n) is 7.20. The summed E-state index contributed by atoms with van der Waals surface area (Å²) in [5.41, 5.74) is 4.54. The maximum atomic E-state index is 12.5. The Labute approximate surface area is 128 Å². The number of imidazole rings is 1. The number of nitrogens with zero attached hydrogens (tertiary/aromatic N) is 1. The van der Waals surface area contributed by atoms with Gasteiger partial charge in [0.15, 0.2) is 0 Å². The largest absolute Gasteiger partial charge is 0.345 e. The highest BCUT2D eigenvalue weighted by Crippen LogP contribution is 2.26. The van der Waals surface area contributed by atoms with E-state index in [-0.39, 0.29) is 0 Å². The second-order valence-corrected chi connectivity index (χ2v) is 7.21. The lowest BCUT2D eigenvalue weighted by atomic mass is 10.1. The molecule has 0 amide bonds. The lowest BCUT2D eigenvalue weighted by Gasteiger charge is -2.09. The number of benzene rings is 2. The first-order valence-corrected chi connectivity index (χ1v) is 8.68. The van der Waals surface area contributed by atoms with E-state index in [2.05, 4.69) is 14.7 Å². The van der Waals surface area contributed by atoms with E-state index in [0.717, 1.165) is 35.9 Å². The molecule has 1 aliphatic carbocycles. The van der Waals surface area contributed by atoms with Crippen molar-refractivity contribution in [3.63, 3.8) is 0 Å². The molecule has 4 rings (SSSR count). The van der Waals surface area contributed by atoms with Gasteiger partial charge in [-0.05, 0) is 60.7 Å². The van der Waals surface area contributed by atoms with Gasteiger partial charge in [0.2, 0.25) is 0 Å². The molecule has 0 radical (unpaired) electrons. The van der Waals surface area contributed by atoms with Gasteiger partial charge >= 0.3 is 0 Å². The molecule has 1 aliphatic rings. The zero-order chi connectivity index (χ0) is 15.2. The minimum absolute atomic E-state index is 0.317. The van der Waals surface area contributed by atoms with Gasteiger partial charge in [-0.3, -0.25) is 4.72 Å². The summed E-state index contributed by atoms with van der Waals surface area (Å²) in [6.07, 6.45) is 4.69. The number of nitrogens with one attached hydrogen (secondary N) is 2. The topological polar surface area (TPSA) is 74.8 Å². The van der Waals surface area contributed by atoms with Crippen LogP contribution < -0.4 is 4.72 Å². The van der Waals surface area contributed by atoms with Crippen LogP contribution in [0.3, 0.4) is 0 Å². The second-order valence-electron chi connectivity index (χ2n) is 5.52. The first kappa shape index (κ1) is 13.3. The van der Waals surface area contributed by atoms with Crippen LogP contribution in [0.4, 0.5) is 5.69 Å². The third kappa shape index (κ3) is 2.25. The minimum Gasteiger partial charge on any atom is -0.345 e. The number of aromatic amines is 1. The molecule has 1 heterocycles. The summed E-state index contributed by atoms with van der Waals surface area (Å²) in [5.74, 6) is 0. The highest BCUT2D eigenvalue weighted by molar-refractivity contribution is 7.92. The fourth-order valence-electron chi connectivity index (χ4n) is 2.93. The molecule has 0 atom stereocenters. The average molecular weight is 313 g/mol. The molecular formula is C16H15N3O2S. The van der Waals surface area contributed by atoms with Gasteiger partial charge in [-0.2, -0.15) is 0 Å². The summed E-state index contributed by atoms with van der Waals surface area (Å²) in [6, 6.07) is 10.6. The number of aromatic nitrogens is 2. The molecular weight excluding hydrogens is 298 g/mol. The maximum Gasteiger partial charge on any atom is 0.261 e. The monoisotopic (exact) mass is 313 g/mol. The van der Waals surface area contributed by atoms with Gasteiger partial charge in [0.05, 0.1) is 27.9 Å². The van der Waals surface area contributed by atoms with E-state index < -0.39 is 10.0 Å². The van der Waals surface area contributed by atoms with Gasteiger partial charge in [-0.1, -0.05) is 6.07 Å². The Morgan fingerprint density at radius 1 is 1.05 bits per heavy atom. The Morgan fingerprint density at radius 2 is 1.91 bits per heavy atom. The molecule has 3 aromatic rings. The van der Waals surface area contributed by atoms with E-state index in [4.69, 9.17) is 0 Å². The predicted molar refractivity (Wildman–Crippen MR) is 85.4 cm³/mol. The fourth-order valence-corrected chi connectivity index (χ4v) is 4.03. The van der Waals surface area contributed by atoms with Crippen molar-refractivity contribution in [1.29, 1.82) is 0 Å². The predicted octanol–water partition coefficient (Wildman–Crippen LogP) is 2.85. The molecule has 2 N–H and O–H groups in total. The summed E-state index contributed by atoms with van der Waals surface area (Å²) in [6.45, 7) is 0. The van der Waals surface area contributed by atoms with Crippen LogP contribution in [0.25, 0.3) is 11.0 Å². The molecule has 0 saturated carbocycles. The SMILES string of the molecule is O=S(=O)(Nc1ccc2nc[nH]c2c1)c1ccc2c(c1)CCC2. The quantitative estimate of drug-likeness (QED) is 0.781. The van der Waals surface area contributed by atoms with Crippen LogP contribution in [0, 0.1) is 0 Å². The molecule has 0 bridgehead atoms. The Morgan fingerprint density at radius 3 is 2.82 bits per heavy atom. The number of anilines is 1. The van der Waals surface area contributed by atoms with E-state index in [1.807, 2.05) is 6.07 Å². The molecule has 6 heteroatoms. The lowest BCUT2D eigenvalue weighted by Crippen LogP contribution is -2.13. The standard InChI is InChI=1S/C16H15N3O2S/c20-22(21,14-6-4-11-2-1-3-12(11)8-14)19-13-5-7-15-16(9-13)18-10-17-15/h4-10,19H,1-3H2,(H,17,18). The van der Waals surface area contributed by atoms with Crippen molar-refractivity contribution in [3.05, 3.63) is 53.9 Å². The summed E-state index contributed by atoms with van der Waals surface area (Å²) < 4.78 is 27.7. The Balaban J connectivity index is 1.68. The molecule has 112 valence electrons. The number of sulfonamides is 1. The van der Waals surface area contributed by atoms with Crippen molar-refractivity contribution in [2.24, 2.45) is 0 Å². The van der Waals surface area contributed by atoms with Crippen LogP contribution in [0.1, 0.15) is 17.5 Å². The van der Waals surface area contributed by atoms with Crippen molar-refractivity contribution in [2.45, 2.75) is 24.2 Å². The second kappa shape index (κ2) is 4.84. The van der Waals surface area contributed by atoms with Gasteiger partial charge < -0.3 is 4.98 Å². The van der Waals surface area contributed by atoms with E-state index in [9.17, 15) is 8.42 Å². The molecule has 22 heavy (non-hydrogen) atoms. The van der Waals surface area contributed by atoms with Crippen molar-refractivity contribution in [3.8, 4) is 0 Å². The van der Waals surface area contributed by atoms with Crippen LogP contribution in [-0.2, 0) is 22.9 Å². The van der Waals surface area contributed by atoms with Crippen LogP contribution in [0.2, 0.25) is 0 Å². The molecule has 0 unspecified atom stereocenters. The van der Waals surface area contributed by atoms with Gasteiger partial charge in [-0.25, -0.2) is 13.4 Å². The third-order valence-corrected chi connectivity index (χ3v) is 5.43. The fraction of sp³-hybridized carbons (Fsp3) is 0.188. The zero-order valence-electron chi connectivity index (χ0n) is 11.8. The number of H-pyrrole nitrogens is 1. The number of fused-ring (bicyclic) bond motifs is 2. The Hall–Kier alpha value is -2.34. The van der Waals surface area contributed by atoms with Crippen molar-refractivity contribution in [1.82, 2.24) is 9.97 Å². The molecule has 0 aliphatic heterocycles. The molecule has 0 fully saturated rings. The minimum atomic E-state index is -3.57. The number of hydrogen-bond acceptors (Lipinski definition) is 3. The normalized spacial score (nSPS) is 14.2. The van der Waals surface area contributed by atoms with Gasteiger partial charge in [-0.15, -0.1) is 0 Å². The van der Waals surface area contributed by atoms with E-state index in [1.54, 1.807) is 36.7 Å². The third-order valence-electron chi connectivity index (χ3n) is 4.05. The average Bonchev–Trinajstić information content (AvgIpc) is 3.14. The van der Waals surface area contributed by atoms with Crippen molar-refractivity contribution in [2.75, 3.05) is 4.72 Å². The highest BCUT2D eigenvalue weighted by Gasteiger charge is 2.18. The number of hydrogen-bond donors (Lipinski definition) is 2. The number of rotatable bonds is 3. The van der Waals surface area contributed by atoms with E-state index in [0.29, 0.717) is 10.6 Å². The smallest absolute Gasteiger partial charge is 0.261 e. The molecule has 5 nitrogen and oxygen atoms in total. The van der Waals surface area contributed by atoms with Crippen LogP contribution >= 0.6 is 0 Å². The Bertz CT molecular complexity index is 960. The zero-order valence-corrected chi connectivity index (χ0v) is 12.7. The summed E-state index contributed by atoms with van der Waals surface area (Å²) in [7, 11) is -3.57. The summed E-state index contributed by atoms with van der Waals surface area (Å²) >= 11 is 0. The summed E-state index contributed by atoms with van der Waals surface area (Å²) in [4.78, 5) is 7.41. The lowest BCUT2D eigenvalue weighted by molar-refractivity contribution is 0.601. The molecule has 0 saturated heterocycles.